The van der Waals surface area contributed by atoms with E-state index in [9.17, 15) is 0 Å². The summed E-state index contributed by atoms with van der Waals surface area (Å²) in [6.45, 7) is 3.33. The van der Waals surface area contributed by atoms with Crippen LogP contribution in [0.4, 0.5) is 5.82 Å². The summed E-state index contributed by atoms with van der Waals surface area (Å²) in [6, 6.07) is 3.80. The average Bonchev–Trinajstić information content (AvgIpc) is 2.88. The second kappa shape index (κ2) is 5.50. The van der Waals surface area contributed by atoms with E-state index in [0.29, 0.717) is 5.65 Å². The Hall–Kier alpha value is -1.72. The molecule has 0 atom stereocenters. The molecule has 3 rings (SSSR count). The zero-order valence-corrected chi connectivity index (χ0v) is 11.3. The second-order valence-electron chi connectivity index (χ2n) is 5.59. The quantitative estimate of drug-likeness (QED) is 0.912. The van der Waals surface area contributed by atoms with Crippen molar-refractivity contribution in [2.75, 3.05) is 11.9 Å². The maximum atomic E-state index is 4.30. The molecule has 102 valence electrons. The first-order chi connectivity index (χ1) is 9.31. The van der Waals surface area contributed by atoms with Gasteiger partial charge in [-0.3, -0.25) is 0 Å². The largest absolute Gasteiger partial charge is 0.369 e. The zero-order chi connectivity index (χ0) is 13.1. The lowest BCUT2D eigenvalue weighted by Gasteiger charge is -2.26. The summed E-state index contributed by atoms with van der Waals surface area (Å²) in [7, 11) is 0. The summed E-state index contributed by atoms with van der Waals surface area (Å²) in [5.41, 5.74) is 0.673. The molecule has 1 saturated carbocycles. The van der Waals surface area contributed by atoms with Crippen molar-refractivity contribution < 1.29 is 0 Å². The van der Waals surface area contributed by atoms with Gasteiger partial charge in [0.05, 0.1) is 0 Å². The minimum Gasteiger partial charge on any atom is -0.369 e. The highest BCUT2D eigenvalue weighted by Gasteiger charge is 2.17. The molecule has 0 saturated heterocycles. The van der Waals surface area contributed by atoms with Crippen LogP contribution in [0.15, 0.2) is 12.1 Å². The molecule has 6 nitrogen and oxygen atoms in total. The van der Waals surface area contributed by atoms with Crippen molar-refractivity contribution in [1.82, 2.24) is 25.3 Å². The van der Waals surface area contributed by atoms with E-state index in [0.717, 1.165) is 24.2 Å². The third-order valence-electron chi connectivity index (χ3n) is 4.06. The van der Waals surface area contributed by atoms with Crippen LogP contribution in [0.2, 0.25) is 0 Å². The number of rotatable bonds is 4. The number of nitrogens with zero attached hydrogens (tertiary/aromatic N) is 5. The second-order valence-corrected chi connectivity index (χ2v) is 5.59. The van der Waals surface area contributed by atoms with Crippen LogP contribution in [0.3, 0.4) is 0 Å². The molecule has 0 spiro atoms. The maximum Gasteiger partial charge on any atom is 0.200 e. The minimum atomic E-state index is 0.673. The molecule has 2 heterocycles. The number of hydrogen-bond donors (Lipinski definition) is 1. The van der Waals surface area contributed by atoms with Crippen molar-refractivity contribution in [3.05, 3.63) is 12.1 Å². The number of nitrogens with one attached hydrogen (secondary N) is 1. The van der Waals surface area contributed by atoms with Crippen molar-refractivity contribution in [2.45, 2.75) is 39.0 Å². The van der Waals surface area contributed by atoms with Gasteiger partial charge in [-0.15, -0.1) is 14.8 Å². The van der Waals surface area contributed by atoms with Crippen molar-refractivity contribution in [1.29, 1.82) is 0 Å². The highest BCUT2D eigenvalue weighted by Crippen LogP contribution is 2.30. The SMILES string of the molecule is CC1CCC(CCNc2ccc3nnnn3n2)CC1. The molecule has 19 heavy (non-hydrogen) atoms. The predicted octanol–water partition coefficient (Wildman–Crippen LogP) is 2.15. The lowest BCUT2D eigenvalue weighted by atomic mass is 9.81. The fraction of sp³-hybridized carbons (Fsp3) is 0.692. The van der Waals surface area contributed by atoms with Crippen LogP contribution in [0.5, 0.6) is 0 Å². The van der Waals surface area contributed by atoms with Gasteiger partial charge in [-0.2, -0.15) is 0 Å². The fourth-order valence-electron chi connectivity index (χ4n) is 2.77. The Labute approximate surface area is 112 Å². The molecule has 0 bridgehead atoms. The summed E-state index contributed by atoms with van der Waals surface area (Å²) in [5.74, 6) is 2.64. The lowest BCUT2D eigenvalue weighted by molar-refractivity contribution is 0.282. The van der Waals surface area contributed by atoms with E-state index in [4.69, 9.17) is 0 Å². The summed E-state index contributed by atoms with van der Waals surface area (Å²) in [5, 5.41) is 18.9. The van der Waals surface area contributed by atoms with Crippen LogP contribution in [0.25, 0.3) is 5.65 Å². The Kier molecular flexibility index (Phi) is 3.57. The van der Waals surface area contributed by atoms with Gasteiger partial charge < -0.3 is 5.32 Å². The van der Waals surface area contributed by atoms with Gasteiger partial charge >= 0.3 is 0 Å². The summed E-state index contributed by atoms with van der Waals surface area (Å²) in [6.07, 6.45) is 6.76. The average molecular weight is 260 g/mol. The first kappa shape index (κ1) is 12.3. The minimum absolute atomic E-state index is 0.673. The Morgan fingerprint density at radius 2 is 2.11 bits per heavy atom. The van der Waals surface area contributed by atoms with Crippen molar-refractivity contribution in [2.24, 2.45) is 11.8 Å². The van der Waals surface area contributed by atoms with Crippen LogP contribution >= 0.6 is 0 Å². The van der Waals surface area contributed by atoms with Gasteiger partial charge in [0.1, 0.15) is 5.82 Å². The molecule has 0 aromatic carbocycles. The molecule has 6 heteroatoms. The Morgan fingerprint density at radius 3 is 2.95 bits per heavy atom. The summed E-state index contributed by atoms with van der Waals surface area (Å²) >= 11 is 0. The van der Waals surface area contributed by atoms with Gasteiger partial charge in [-0.05, 0) is 40.8 Å². The van der Waals surface area contributed by atoms with E-state index < -0.39 is 0 Å². The third-order valence-corrected chi connectivity index (χ3v) is 4.06. The van der Waals surface area contributed by atoms with Gasteiger partial charge in [-0.25, -0.2) is 0 Å². The van der Waals surface area contributed by atoms with E-state index in [1.165, 1.54) is 36.7 Å². The molecule has 0 unspecified atom stereocenters. The molecular weight excluding hydrogens is 240 g/mol. The summed E-state index contributed by atoms with van der Waals surface area (Å²) < 4.78 is 1.45. The van der Waals surface area contributed by atoms with Crippen LogP contribution < -0.4 is 5.32 Å². The van der Waals surface area contributed by atoms with E-state index in [1.807, 2.05) is 12.1 Å². The fourth-order valence-corrected chi connectivity index (χ4v) is 2.77. The molecule has 0 radical (unpaired) electrons. The van der Waals surface area contributed by atoms with E-state index in [-0.39, 0.29) is 0 Å². The standard InChI is InChI=1S/C13H20N6/c1-10-2-4-11(5-3-10)8-9-14-12-6-7-13-15-17-18-19(13)16-12/h6-7,10-11H,2-5,8-9H2,1H3,(H,14,16). The van der Waals surface area contributed by atoms with E-state index >= 15 is 0 Å². The van der Waals surface area contributed by atoms with Crippen molar-refractivity contribution >= 4 is 11.5 Å². The molecule has 1 fully saturated rings. The van der Waals surface area contributed by atoms with Gasteiger partial charge in [-0.1, -0.05) is 32.6 Å². The Bertz CT molecular complexity index is 529. The van der Waals surface area contributed by atoms with Gasteiger partial charge in [0.2, 0.25) is 0 Å². The van der Waals surface area contributed by atoms with Gasteiger partial charge in [0, 0.05) is 6.54 Å². The normalized spacial score (nSPS) is 23.6. The lowest BCUT2D eigenvalue weighted by Crippen LogP contribution is -2.16. The number of aromatic nitrogens is 5. The molecular formula is C13H20N6. The third kappa shape index (κ3) is 3.00. The molecule has 2 aromatic heterocycles. The molecule has 1 N–H and O–H groups in total. The maximum absolute atomic E-state index is 4.30. The first-order valence-corrected chi connectivity index (χ1v) is 7.10. The van der Waals surface area contributed by atoms with Crippen molar-refractivity contribution in [3.8, 4) is 0 Å². The zero-order valence-electron chi connectivity index (χ0n) is 11.3. The van der Waals surface area contributed by atoms with Gasteiger partial charge in [0.25, 0.3) is 0 Å². The monoisotopic (exact) mass is 260 g/mol. The van der Waals surface area contributed by atoms with Crippen LogP contribution in [-0.4, -0.2) is 31.8 Å². The number of hydrogen-bond acceptors (Lipinski definition) is 5. The molecule has 0 aliphatic heterocycles. The van der Waals surface area contributed by atoms with Crippen molar-refractivity contribution in [3.63, 3.8) is 0 Å². The van der Waals surface area contributed by atoms with Crippen LogP contribution in [0.1, 0.15) is 39.0 Å². The molecule has 0 amide bonds. The summed E-state index contributed by atoms with van der Waals surface area (Å²) in [4.78, 5) is 0. The Balaban J connectivity index is 1.49. The Morgan fingerprint density at radius 1 is 1.26 bits per heavy atom. The highest BCUT2D eigenvalue weighted by molar-refractivity contribution is 5.41. The molecule has 1 aliphatic rings. The number of fused-ring (bicyclic) bond motifs is 1. The highest BCUT2D eigenvalue weighted by atomic mass is 15.6. The van der Waals surface area contributed by atoms with E-state index in [2.05, 4.69) is 32.9 Å². The van der Waals surface area contributed by atoms with E-state index in [1.54, 1.807) is 0 Å². The predicted molar refractivity (Wildman–Crippen MR) is 72.8 cm³/mol. The smallest absolute Gasteiger partial charge is 0.200 e. The van der Waals surface area contributed by atoms with Gasteiger partial charge in [0.15, 0.2) is 5.65 Å². The molecule has 1 aliphatic carbocycles. The number of anilines is 1. The van der Waals surface area contributed by atoms with Crippen LogP contribution in [-0.2, 0) is 0 Å². The number of tetrazole rings is 1. The first-order valence-electron chi connectivity index (χ1n) is 7.10. The van der Waals surface area contributed by atoms with Crippen LogP contribution in [0, 0.1) is 11.8 Å². The molecule has 2 aromatic rings. The topological polar surface area (TPSA) is 68.0 Å².